The highest BCUT2D eigenvalue weighted by Crippen LogP contribution is 2.30. The van der Waals surface area contributed by atoms with Gasteiger partial charge in [-0.15, -0.1) is 11.6 Å². The molecule has 100 valence electrons. The highest BCUT2D eigenvalue weighted by Gasteiger charge is 2.22. The summed E-state index contributed by atoms with van der Waals surface area (Å²) in [4.78, 5) is 15.0. The number of nitrogens with two attached hydrogens (primary N) is 1. The van der Waals surface area contributed by atoms with Crippen molar-refractivity contribution >= 4 is 23.4 Å². The summed E-state index contributed by atoms with van der Waals surface area (Å²) in [5.74, 6) is -0.920. The van der Waals surface area contributed by atoms with Crippen LogP contribution in [0.15, 0.2) is 6.20 Å². The van der Waals surface area contributed by atoms with Crippen molar-refractivity contribution in [2.75, 3.05) is 12.3 Å². The molecule has 1 aromatic rings. The number of carbonyl (C=O) groups is 1. The van der Waals surface area contributed by atoms with E-state index in [4.69, 9.17) is 22.1 Å². The molecule has 4 nitrogen and oxygen atoms in total. The molecule has 0 radical (unpaired) electrons. The molecule has 0 saturated carbocycles. The molecule has 0 spiro atoms. The molecule has 1 heterocycles. The van der Waals surface area contributed by atoms with Gasteiger partial charge in [0.1, 0.15) is 5.82 Å². The van der Waals surface area contributed by atoms with Gasteiger partial charge in [-0.1, -0.05) is 0 Å². The van der Waals surface area contributed by atoms with Gasteiger partial charge in [0, 0.05) is 12.1 Å². The van der Waals surface area contributed by atoms with E-state index in [1.807, 2.05) is 0 Å². The van der Waals surface area contributed by atoms with Crippen molar-refractivity contribution in [3.63, 3.8) is 0 Å². The van der Waals surface area contributed by atoms with Crippen LogP contribution in [-0.2, 0) is 21.8 Å². The lowest BCUT2D eigenvalue weighted by atomic mass is 10.0. The van der Waals surface area contributed by atoms with Crippen LogP contribution in [0.2, 0.25) is 0 Å². The van der Waals surface area contributed by atoms with E-state index in [2.05, 4.69) is 4.98 Å². The highest BCUT2D eigenvalue weighted by atomic mass is 35.5. The largest absolute Gasteiger partial charge is 0.466 e. The summed E-state index contributed by atoms with van der Waals surface area (Å²) in [6.45, 7) is 1.81. The lowest BCUT2D eigenvalue weighted by molar-refractivity contribution is -0.142. The van der Waals surface area contributed by atoms with Gasteiger partial charge in [-0.2, -0.15) is 0 Å². The van der Waals surface area contributed by atoms with Crippen LogP contribution in [0, 0.1) is 0 Å². The number of carbonyl (C=O) groups excluding carboxylic acids is 1. The number of hydrogen-bond acceptors (Lipinski definition) is 4. The molecule has 0 fully saturated rings. The summed E-state index contributed by atoms with van der Waals surface area (Å²) in [7, 11) is 0. The number of halogens is 3. The molecule has 1 aromatic heterocycles. The maximum Gasteiger partial charge on any atom is 0.310 e. The van der Waals surface area contributed by atoms with Gasteiger partial charge in [0.25, 0.3) is 6.43 Å². The fourth-order valence-electron chi connectivity index (χ4n) is 1.55. The summed E-state index contributed by atoms with van der Waals surface area (Å²) in [6, 6.07) is 0. The average Bonchev–Trinajstić information content (AvgIpc) is 2.29. The first-order chi connectivity index (χ1) is 8.51. The van der Waals surface area contributed by atoms with E-state index in [1.165, 1.54) is 6.20 Å². The molecule has 7 heteroatoms. The van der Waals surface area contributed by atoms with Crippen LogP contribution >= 0.6 is 11.6 Å². The summed E-state index contributed by atoms with van der Waals surface area (Å²) >= 11 is 5.64. The highest BCUT2D eigenvalue weighted by molar-refractivity contribution is 6.17. The lowest BCUT2D eigenvalue weighted by Gasteiger charge is -2.14. The van der Waals surface area contributed by atoms with E-state index in [1.54, 1.807) is 6.92 Å². The van der Waals surface area contributed by atoms with Crippen LogP contribution in [0.4, 0.5) is 14.6 Å². The van der Waals surface area contributed by atoms with Crippen molar-refractivity contribution in [1.82, 2.24) is 4.98 Å². The van der Waals surface area contributed by atoms with Crippen molar-refractivity contribution in [1.29, 1.82) is 0 Å². The molecule has 2 N–H and O–H groups in total. The normalized spacial score (nSPS) is 10.7. The van der Waals surface area contributed by atoms with E-state index in [0.29, 0.717) is 5.56 Å². The van der Waals surface area contributed by atoms with Crippen LogP contribution in [0.25, 0.3) is 0 Å². The SMILES string of the molecule is CCOC(=O)Cc1c(CCl)cnc(N)c1C(F)F. The second-order valence-electron chi connectivity index (χ2n) is 3.48. The Kier molecular flexibility index (Phi) is 5.27. The van der Waals surface area contributed by atoms with Crippen LogP contribution in [-0.4, -0.2) is 17.6 Å². The zero-order valence-corrected chi connectivity index (χ0v) is 10.5. The Morgan fingerprint density at radius 3 is 2.78 bits per heavy atom. The molecule has 0 aliphatic carbocycles. The van der Waals surface area contributed by atoms with Crippen LogP contribution < -0.4 is 5.73 Å². The third kappa shape index (κ3) is 3.29. The van der Waals surface area contributed by atoms with Crippen molar-refractivity contribution in [3.8, 4) is 0 Å². The lowest BCUT2D eigenvalue weighted by Crippen LogP contribution is -2.13. The number of nitrogens with zero attached hydrogens (tertiary/aromatic N) is 1. The van der Waals surface area contributed by atoms with Gasteiger partial charge in [0.15, 0.2) is 0 Å². The zero-order valence-electron chi connectivity index (χ0n) is 9.75. The van der Waals surface area contributed by atoms with Crippen LogP contribution in [0.5, 0.6) is 0 Å². The smallest absolute Gasteiger partial charge is 0.310 e. The number of esters is 1. The quantitative estimate of drug-likeness (QED) is 0.664. The number of rotatable bonds is 5. The molecule has 18 heavy (non-hydrogen) atoms. The topological polar surface area (TPSA) is 65.2 Å². The Morgan fingerprint density at radius 2 is 2.28 bits per heavy atom. The third-order valence-corrected chi connectivity index (χ3v) is 2.62. The molecule has 0 aromatic carbocycles. The molecule has 0 saturated heterocycles. The minimum Gasteiger partial charge on any atom is -0.466 e. The first kappa shape index (κ1) is 14.6. The van der Waals surface area contributed by atoms with Crippen molar-refractivity contribution in [3.05, 3.63) is 22.9 Å². The fourth-order valence-corrected chi connectivity index (χ4v) is 1.78. The summed E-state index contributed by atoms with van der Waals surface area (Å²) < 4.78 is 30.6. The van der Waals surface area contributed by atoms with E-state index < -0.39 is 18.0 Å². The maximum absolute atomic E-state index is 12.9. The number of nitrogen functional groups attached to an aromatic ring is 1. The fraction of sp³-hybridized carbons (Fsp3) is 0.455. The third-order valence-electron chi connectivity index (χ3n) is 2.34. The Hall–Kier alpha value is -1.43. The Labute approximate surface area is 108 Å². The van der Waals surface area contributed by atoms with Crippen LogP contribution in [0.3, 0.4) is 0 Å². The number of anilines is 1. The number of alkyl halides is 3. The minimum absolute atomic E-state index is 0.0261. The van der Waals surface area contributed by atoms with Crippen molar-refractivity contribution in [2.45, 2.75) is 25.7 Å². The molecular formula is C11H13ClF2N2O2. The maximum atomic E-state index is 12.9. The first-order valence-electron chi connectivity index (χ1n) is 5.27. The second kappa shape index (κ2) is 6.49. The predicted molar refractivity (Wildman–Crippen MR) is 63.5 cm³/mol. The monoisotopic (exact) mass is 278 g/mol. The van der Waals surface area contributed by atoms with E-state index >= 15 is 0 Å². The predicted octanol–water partition coefficient (Wildman–Crippen LogP) is 2.45. The van der Waals surface area contributed by atoms with Gasteiger partial charge in [0.2, 0.25) is 0 Å². The molecular weight excluding hydrogens is 266 g/mol. The van der Waals surface area contributed by atoms with Crippen molar-refractivity contribution in [2.24, 2.45) is 0 Å². The summed E-state index contributed by atoms with van der Waals surface area (Å²) in [6.07, 6.45) is -1.81. The summed E-state index contributed by atoms with van der Waals surface area (Å²) in [5.41, 5.74) is 5.42. The van der Waals surface area contributed by atoms with E-state index in [9.17, 15) is 13.6 Å². The zero-order chi connectivity index (χ0) is 13.7. The van der Waals surface area contributed by atoms with E-state index in [0.717, 1.165) is 0 Å². The number of aromatic nitrogens is 1. The van der Waals surface area contributed by atoms with Gasteiger partial charge in [-0.3, -0.25) is 4.79 Å². The molecule has 1 rings (SSSR count). The van der Waals surface area contributed by atoms with Gasteiger partial charge >= 0.3 is 5.97 Å². The first-order valence-corrected chi connectivity index (χ1v) is 5.80. The van der Waals surface area contributed by atoms with Gasteiger partial charge < -0.3 is 10.5 Å². The average molecular weight is 279 g/mol. The minimum atomic E-state index is -2.81. The van der Waals surface area contributed by atoms with Gasteiger partial charge in [-0.25, -0.2) is 13.8 Å². The second-order valence-corrected chi connectivity index (χ2v) is 3.74. The van der Waals surface area contributed by atoms with Crippen molar-refractivity contribution < 1.29 is 18.3 Å². The molecule has 0 aliphatic rings. The molecule has 0 amide bonds. The number of pyridine rings is 1. The van der Waals surface area contributed by atoms with Gasteiger partial charge in [0.05, 0.1) is 18.6 Å². The Morgan fingerprint density at radius 1 is 1.61 bits per heavy atom. The Balaban J connectivity index is 3.19. The van der Waals surface area contributed by atoms with Crippen LogP contribution in [0.1, 0.15) is 30.0 Å². The molecule has 0 unspecified atom stereocenters. The Bertz CT molecular complexity index is 441. The summed E-state index contributed by atoms with van der Waals surface area (Å²) in [5, 5.41) is 0. The van der Waals surface area contributed by atoms with Gasteiger partial charge in [-0.05, 0) is 18.1 Å². The number of hydrogen-bond donors (Lipinski definition) is 1. The number of ether oxygens (including phenoxy) is 1. The standard InChI is InChI=1S/C11H13ClF2N2O2/c1-2-18-8(17)3-7-6(4-12)5-16-11(15)9(7)10(13)14/h5,10H,2-4H2,1H3,(H2,15,16). The molecule has 0 atom stereocenters. The molecule has 0 bridgehead atoms. The molecule has 0 aliphatic heterocycles. The van der Waals surface area contributed by atoms with E-state index in [-0.39, 0.29) is 30.3 Å².